The highest BCUT2D eigenvalue weighted by Crippen LogP contribution is 2.32. The highest BCUT2D eigenvalue weighted by Gasteiger charge is 2.44. The number of carbonyl (C=O) groups is 2. The molecule has 1 aliphatic rings. The lowest BCUT2D eigenvalue weighted by Crippen LogP contribution is -2.52. The summed E-state index contributed by atoms with van der Waals surface area (Å²) in [5.41, 5.74) is -0.0230. The minimum absolute atomic E-state index is 0.0413. The quantitative estimate of drug-likeness (QED) is 0.867. The first-order valence-electron chi connectivity index (χ1n) is 8.71. The van der Waals surface area contributed by atoms with E-state index in [0.717, 1.165) is 0 Å². The molecule has 1 aliphatic heterocycles. The number of aliphatic carboxylic acids is 1. The summed E-state index contributed by atoms with van der Waals surface area (Å²) in [5, 5.41) is 13.8. The number of aromatic nitrogens is 2. The van der Waals surface area contributed by atoms with Crippen LogP contribution in [0.4, 0.5) is 4.39 Å². The van der Waals surface area contributed by atoms with Crippen molar-refractivity contribution in [3.8, 4) is 5.69 Å². The molecule has 0 spiro atoms. The number of hydrogen-bond donors (Lipinski definition) is 1. The topological polar surface area (TPSA) is 84.7 Å². The van der Waals surface area contributed by atoms with E-state index < -0.39 is 17.2 Å². The van der Waals surface area contributed by atoms with Crippen LogP contribution in [0.1, 0.15) is 28.9 Å². The molecule has 1 atom stereocenters. The molecule has 1 saturated heterocycles. The molecular weight excluding hydrogens is 353 g/mol. The predicted octanol–water partition coefficient (Wildman–Crippen LogP) is 2.27. The minimum Gasteiger partial charge on any atom is -0.481 e. The third kappa shape index (κ3) is 3.44. The first-order chi connectivity index (χ1) is 12.9. The van der Waals surface area contributed by atoms with E-state index in [9.17, 15) is 19.1 Å². The van der Waals surface area contributed by atoms with E-state index >= 15 is 0 Å². The molecule has 8 heteroatoms. The van der Waals surface area contributed by atoms with Crippen molar-refractivity contribution < 1.29 is 23.8 Å². The Morgan fingerprint density at radius 3 is 2.78 bits per heavy atom. The Balaban J connectivity index is 1.88. The average molecular weight is 375 g/mol. The molecule has 1 fully saturated rings. The number of ether oxygens (including phenoxy) is 1. The monoisotopic (exact) mass is 375 g/mol. The van der Waals surface area contributed by atoms with Crippen LogP contribution in [0.5, 0.6) is 0 Å². The van der Waals surface area contributed by atoms with Crippen molar-refractivity contribution in [3.63, 3.8) is 0 Å². The van der Waals surface area contributed by atoms with Crippen molar-refractivity contribution in [2.75, 3.05) is 26.8 Å². The summed E-state index contributed by atoms with van der Waals surface area (Å²) in [5.74, 6) is -1.72. The number of carboxylic acids is 1. The second kappa shape index (κ2) is 7.48. The SMILES string of the molecule is COCC1(C(=O)O)CCCN(C(=O)c2cnn(-c3ccccc3F)c2C)C1. The molecule has 0 bridgehead atoms. The van der Waals surface area contributed by atoms with Crippen molar-refractivity contribution >= 4 is 11.9 Å². The fourth-order valence-corrected chi connectivity index (χ4v) is 3.59. The van der Waals surface area contributed by atoms with Crippen LogP contribution in [-0.2, 0) is 9.53 Å². The van der Waals surface area contributed by atoms with Crippen LogP contribution in [0.2, 0.25) is 0 Å². The van der Waals surface area contributed by atoms with E-state index in [1.165, 1.54) is 29.0 Å². The summed E-state index contributed by atoms with van der Waals surface area (Å²) in [7, 11) is 1.45. The molecule has 0 radical (unpaired) electrons. The minimum atomic E-state index is -1.11. The van der Waals surface area contributed by atoms with Crippen molar-refractivity contribution in [3.05, 3.63) is 47.5 Å². The fraction of sp³-hybridized carbons (Fsp3) is 0.421. The van der Waals surface area contributed by atoms with Crippen LogP contribution < -0.4 is 0 Å². The Labute approximate surface area is 156 Å². The van der Waals surface area contributed by atoms with Gasteiger partial charge in [-0.2, -0.15) is 5.10 Å². The number of para-hydroxylation sites is 1. The van der Waals surface area contributed by atoms with Crippen LogP contribution >= 0.6 is 0 Å². The van der Waals surface area contributed by atoms with E-state index in [2.05, 4.69) is 5.10 Å². The smallest absolute Gasteiger partial charge is 0.313 e. The molecule has 27 heavy (non-hydrogen) atoms. The molecule has 1 aromatic heterocycles. The second-order valence-electron chi connectivity index (χ2n) is 6.86. The van der Waals surface area contributed by atoms with Gasteiger partial charge in [0.15, 0.2) is 0 Å². The van der Waals surface area contributed by atoms with Gasteiger partial charge in [-0.05, 0) is 31.9 Å². The van der Waals surface area contributed by atoms with Crippen molar-refractivity contribution in [2.45, 2.75) is 19.8 Å². The fourth-order valence-electron chi connectivity index (χ4n) is 3.59. The maximum Gasteiger partial charge on any atom is 0.313 e. The number of carbonyl (C=O) groups excluding carboxylic acids is 1. The molecule has 7 nitrogen and oxygen atoms in total. The molecule has 144 valence electrons. The molecule has 0 saturated carbocycles. The lowest BCUT2D eigenvalue weighted by molar-refractivity contribution is -0.155. The number of piperidine rings is 1. The maximum absolute atomic E-state index is 14.1. The van der Waals surface area contributed by atoms with E-state index in [1.54, 1.807) is 25.1 Å². The lowest BCUT2D eigenvalue weighted by Gasteiger charge is -2.39. The first-order valence-corrected chi connectivity index (χ1v) is 8.71. The number of carboxylic acid groups (broad SMARTS) is 1. The van der Waals surface area contributed by atoms with Gasteiger partial charge in [0.25, 0.3) is 5.91 Å². The zero-order valence-electron chi connectivity index (χ0n) is 15.3. The molecular formula is C19H22FN3O4. The van der Waals surface area contributed by atoms with Crippen molar-refractivity contribution in [2.24, 2.45) is 5.41 Å². The van der Waals surface area contributed by atoms with Gasteiger partial charge < -0.3 is 14.7 Å². The highest BCUT2D eigenvalue weighted by molar-refractivity contribution is 5.95. The summed E-state index contributed by atoms with van der Waals surface area (Å²) in [4.78, 5) is 26.3. The van der Waals surface area contributed by atoms with Gasteiger partial charge in [0.2, 0.25) is 0 Å². The number of hydrogen-bond acceptors (Lipinski definition) is 4. The third-order valence-electron chi connectivity index (χ3n) is 5.06. The Bertz CT molecular complexity index is 862. The zero-order valence-corrected chi connectivity index (χ0v) is 15.3. The Morgan fingerprint density at radius 1 is 1.37 bits per heavy atom. The molecule has 1 amide bonds. The number of likely N-dealkylation sites (tertiary alicyclic amines) is 1. The number of methoxy groups -OCH3 is 1. The lowest BCUT2D eigenvalue weighted by atomic mass is 9.80. The van der Waals surface area contributed by atoms with Crippen LogP contribution in [0.25, 0.3) is 5.69 Å². The molecule has 1 N–H and O–H groups in total. The normalized spacial score (nSPS) is 19.9. The Kier molecular flexibility index (Phi) is 5.27. The van der Waals surface area contributed by atoms with Gasteiger partial charge >= 0.3 is 5.97 Å². The van der Waals surface area contributed by atoms with Crippen LogP contribution in [0, 0.1) is 18.2 Å². The summed E-state index contributed by atoms with van der Waals surface area (Å²) in [6, 6.07) is 6.18. The predicted molar refractivity (Wildman–Crippen MR) is 95.3 cm³/mol. The number of nitrogens with zero attached hydrogens (tertiary/aromatic N) is 3. The van der Waals surface area contributed by atoms with Gasteiger partial charge in [-0.3, -0.25) is 9.59 Å². The third-order valence-corrected chi connectivity index (χ3v) is 5.06. The highest BCUT2D eigenvalue weighted by atomic mass is 19.1. The molecule has 3 rings (SSSR count). The van der Waals surface area contributed by atoms with Crippen LogP contribution in [-0.4, -0.2) is 58.5 Å². The van der Waals surface area contributed by atoms with E-state index in [1.807, 2.05) is 0 Å². The number of amides is 1. The Morgan fingerprint density at radius 2 is 2.11 bits per heavy atom. The number of rotatable bonds is 5. The van der Waals surface area contributed by atoms with Gasteiger partial charge in [-0.1, -0.05) is 12.1 Å². The van der Waals surface area contributed by atoms with E-state index in [4.69, 9.17) is 4.74 Å². The van der Waals surface area contributed by atoms with Crippen molar-refractivity contribution in [1.29, 1.82) is 0 Å². The van der Waals surface area contributed by atoms with Gasteiger partial charge in [0.05, 0.1) is 24.1 Å². The van der Waals surface area contributed by atoms with Gasteiger partial charge in [-0.25, -0.2) is 9.07 Å². The Hall–Kier alpha value is -2.74. The molecule has 2 heterocycles. The van der Waals surface area contributed by atoms with Crippen LogP contribution in [0.15, 0.2) is 30.5 Å². The molecule has 2 aromatic rings. The van der Waals surface area contributed by atoms with E-state index in [-0.39, 0.29) is 24.7 Å². The second-order valence-corrected chi connectivity index (χ2v) is 6.86. The average Bonchev–Trinajstić information content (AvgIpc) is 3.03. The van der Waals surface area contributed by atoms with Gasteiger partial charge in [-0.15, -0.1) is 0 Å². The van der Waals surface area contributed by atoms with Gasteiger partial charge in [0, 0.05) is 20.2 Å². The first kappa shape index (κ1) is 19.0. The summed E-state index contributed by atoms with van der Waals surface area (Å²) < 4.78 is 20.5. The zero-order chi connectivity index (χ0) is 19.6. The molecule has 1 aromatic carbocycles. The molecule has 0 aliphatic carbocycles. The van der Waals surface area contributed by atoms with E-state index in [0.29, 0.717) is 30.6 Å². The largest absolute Gasteiger partial charge is 0.481 e. The summed E-state index contributed by atoms with van der Waals surface area (Å²) in [6.45, 7) is 2.26. The maximum atomic E-state index is 14.1. The molecule has 1 unspecified atom stereocenters. The number of benzene rings is 1. The standard InChI is InChI=1S/C19H22FN3O4/c1-13-14(10-21-23(13)16-7-4-3-6-15(16)20)17(24)22-9-5-8-19(11-22,12-27-2)18(25)26/h3-4,6-7,10H,5,8-9,11-12H2,1-2H3,(H,25,26). The van der Waals surface area contributed by atoms with Gasteiger partial charge in [0.1, 0.15) is 16.9 Å². The summed E-state index contributed by atoms with van der Waals surface area (Å²) >= 11 is 0. The summed E-state index contributed by atoms with van der Waals surface area (Å²) in [6.07, 6.45) is 2.42. The van der Waals surface area contributed by atoms with Crippen molar-refractivity contribution in [1.82, 2.24) is 14.7 Å². The van der Waals surface area contributed by atoms with Crippen LogP contribution in [0.3, 0.4) is 0 Å². The number of halogens is 1.